The first-order valence-corrected chi connectivity index (χ1v) is 8.26. The highest BCUT2D eigenvalue weighted by Gasteiger charge is 2.17. The highest BCUT2D eigenvalue weighted by atomic mass is 79.9. The molecule has 0 saturated heterocycles. The van der Waals surface area contributed by atoms with Gasteiger partial charge in [0.2, 0.25) is 0 Å². The largest absolute Gasteiger partial charge is 0.508 e. The Kier molecular flexibility index (Phi) is 4.25. The summed E-state index contributed by atoms with van der Waals surface area (Å²) in [5.74, 6) is -0.568. The number of benzene rings is 2. The van der Waals surface area contributed by atoms with Gasteiger partial charge in [-0.25, -0.2) is 12.8 Å². The number of phenols is 1. The van der Waals surface area contributed by atoms with Crippen molar-refractivity contribution in [2.75, 3.05) is 4.72 Å². The van der Waals surface area contributed by atoms with Gasteiger partial charge in [-0.2, -0.15) is 0 Å². The summed E-state index contributed by atoms with van der Waals surface area (Å²) in [7, 11) is -3.90. The van der Waals surface area contributed by atoms with Crippen LogP contribution in [-0.2, 0) is 10.0 Å². The van der Waals surface area contributed by atoms with Crippen molar-refractivity contribution in [1.82, 2.24) is 0 Å². The Morgan fingerprint density at radius 3 is 2.43 bits per heavy atom. The van der Waals surface area contributed by atoms with Crippen LogP contribution >= 0.6 is 15.9 Å². The molecular weight excluding hydrogens is 361 g/mol. The lowest BCUT2D eigenvalue weighted by molar-refractivity contribution is 0.471. The van der Waals surface area contributed by atoms with Gasteiger partial charge in [0.05, 0.1) is 15.1 Å². The molecule has 0 radical (unpaired) electrons. The third kappa shape index (κ3) is 3.36. The van der Waals surface area contributed by atoms with Gasteiger partial charge >= 0.3 is 0 Å². The van der Waals surface area contributed by atoms with Crippen LogP contribution in [0.2, 0.25) is 0 Å². The summed E-state index contributed by atoms with van der Waals surface area (Å²) in [5, 5.41) is 9.57. The number of aryl methyl sites for hydroxylation is 2. The fourth-order valence-electron chi connectivity index (χ4n) is 1.76. The summed E-state index contributed by atoms with van der Waals surface area (Å²) in [6.45, 7) is 3.32. The fourth-order valence-corrected chi connectivity index (χ4v) is 3.14. The van der Waals surface area contributed by atoms with Gasteiger partial charge in [-0.3, -0.25) is 4.72 Å². The summed E-state index contributed by atoms with van der Waals surface area (Å²) in [5.41, 5.74) is 1.45. The van der Waals surface area contributed by atoms with Gasteiger partial charge in [-0.05, 0) is 71.2 Å². The summed E-state index contributed by atoms with van der Waals surface area (Å²) in [6.07, 6.45) is 0. The third-order valence-electron chi connectivity index (χ3n) is 2.99. The molecule has 21 heavy (non-hydrogen) atoms. The Hall–Kier alpha value is -1.60. The molecule has 0 fully saturated rings. The van der Waals surface area contributed by atoms with Crippen LogP contribution in [0.4, 0.5) is 10.1 Å². The van der Waals surface area contributed by atoms with E-state index >= 15 is 0 Å². The van der Waals surface area contributed by atoms with E-state index in [1.54, 1.807) is 13.8 Å². The van der Waals surface area contributed by atoms with Gasteiger partial charge < -0.3 is 5.11 Å². The normalized spacial score (nSPS) is 11.4. The number of nitrogens with one attached hydrogen (secondary N) is 1. The van der Waals surface area contributed by atoms with E-state index in [0.717, 1.165) is 6.07 Å². The number of hydrogen-bond donors (Lipinski definition) is 2. The van der Waals surface area contributed by atoms with E-state index < -0.39 is 15.8 Å². The summed E-state index contributed by atoms with van der Waals surface area (Å²) < 4.78 is 40.6. The van der Waals surface area contributed by atoms with Crippen molar-refractivity contribution >= 4 is 31.6 Å². The molecule has 2 aromatic rings. The molecule has 0 atom stereocenters. The Balaban J connectivity index is 2.42. The maximum Gasteiger partial charge on any atom is 0.262 e. The molecule has 0 bridgehead atoms. The second-order valence-corrected chi connectivity index (χ2v) is 7.17. The maximum absolute atomic E-state index is 13.5. The molecule has 4 nitrogen and oxygen atoms in total. The highest BCUT2D eigenvalue weighted by molar-refractivity contribution is 9.10. The van der Waals surface area contributed by atoms with Gasteiger partial charge in [0.1, 0.15) is 11.6 Å². The monoisotopic (exact) mass is 373 g/mol. The molecule has 0 saturated carbocycles. The zero-order valence-corrected chi connectivity index (χ0v) is 13.7. The van der Waals surface area contributed by atoms with Crippen LogP contribution in [-0.4, -0.2) is 13.5 Å². The van der Waals surface area contributed by atoms with Crippen molar-refractivity contribution in [2.24, 2.45) is 0 Å². The Bertz CT molecular complexity index is 806. The van der Waals surface area contributed by atoms with Crippen LogP contribution in [0.3, 0.4) is 0 Å². The van der Waals surface area contributed by atoms with Crippen molar-refractivity contribution in [3.8, 4) is 5.75 Å². The predicted molar refractivity (Wildman–Crippen MR) is 82.5 cm³/mol. The topological polar surface area (TPSA) is 66.4 Å². The van der Waals surface area contributed by atoms with Crippen LogP contribution in [0.15, 0.2) is 39.7 Å². The average Bonchev–Trinajstić information content (AvgIpc) is 2.39. The average molecular weight is 374 g/mol. The lowest BCUT2D eigenvalue weighted by atomic mass is 10.1. The molecule has 2 aromatic carbocycles. The van der Waals surface area contributed by atoms with Crippen LogP contribution < -0.4 is 4.72 Å². The predicted octanol–water partition coefficient (Wildman–Crippen LogP) is 3.71. The number of phenolic OH excluding ortho intramolecular Hbond substituents is 1. The van der Waals surface area contributed by atoms with Gasteiger partial charge in [0.15, 0.2) is 0 Å². The van der Waals surface area contributed by atoms with Crippen LogP contribution in [0.1, 0.15) is 11.1 Å². The van der Waals surface area contributed by atoms with E-state index in [1.165, 1.54) is 24.3 Å². The van der Waals surface area contributed by atoms with E-state index in [2.05, 4.69) is 20.7 Å². The molecule has 2 rings (SSSR count). The molecule has 112 valence electrons. The first kappa shape index (κ1) is 15.8. The first-order valence-electron chi connectivity index (χ1n) is 5.99. The number of anilines is 1. The van der Waals surface area contributed by atoms with Crippen molar-refractivity contribution < 1.29 is 17.9 Å². The van der Waals surface area contributed by atoms with Gasteiger partial charge in [-0.1, -0.05) is 0 Å². The van der Waals surface area contributed by atoms with E-state index in [-0.39, 0.29) is 15.1 Å². The minimum absolute atomic E-state index is 0.0881. The zero-order chi connectivity index (χ0) is 15.8. The first-order chi connectivity index (χ1) is 9.70. The number of halogens is 2. The number of aromatic hydroxyl groups is 1. The zero-order valence-electron chi connectivity index (χ0n) is 11.3. The smallest absolute Gasteiger partial charge is 0.262 e. The fraction of sp³-hybridized carbons (Fsp3) is 0.143. The van der Waals surface area contributed by atoms with E-state index in [0.29, 0.717) is 16.8 Å². The minimum Gasteiger partial charge on any atom is -0.508 e. The van der Waals surface area contributed by atoms with Crippen LogP contribution in [0, 0.1) is 19.7 Å². The maximum atomic E-state index is 13.5. The van der Waals surface area contributed by atoms with Crippen LogP contribution in [0.5, 0.6) is 5.75 Å². The third-order valence-corrected chi connectivity index (χ3v) is 4.99. The second-order valence-electron chi connectivity index (χ2n) is 4.64. The van der Waals surface area contributed by atoms with Crippen molar-refractivity contribution in [3.05, 3.63) is 51.7 Å². The molecule has 0 aliphatic heterocycles. The van der Waals surface area contributed by atoms with E-state index in [1.807, 2.05) is 0 Å². The summed E-state index contributed by atoms with van der Waals surface area (Å²) in [4.78, 5) is -0.173. The minimum atomic E-state index is -3.90. The van der Waals surface area contributed by atoms with Gasteiger partial charge in [-0.15, -0.1) is 0 Å². The lowest BCUT2D eigenvalue weighted by Gasteiger charge is -2.12. The molecule has 2 N–H and O–H groups in total. The molecule has 0 heterocycles. The lowest BCUT2D eigenvalue weighted by Crippen LogP contribution is -2.14. The van der Waals surface area contributed by atoms with E-state index in [9.17, 15) is 17.9 Å². The molecule has 0 aliphatic carbocycles. The molecule has 0 aliphatic rings. The van der Waals surface area contributed by atoms with Gasteiger partial charge in [0.25, 0.3) is 10.0 Å². The number of hydrogen-bond acceptors (Lipinski definition) is 3. The van der Waals surface area contributed by atoms with E-state index in [4.69, 9.17) is 0 Å². The van der Waals surface area contributed by atoms with Crippen LogP contribution in [0.25, 0.3) is 0 Å². The molecule has 0 unspecified atom stereocenters. The standard InChI is InChI=1S/C14H13BrFNO3S/c1-8-6-14(18)9(2)5-13(8)17-21(19,20)10-3-4-11(15)12(16)7-10/h3-7,17-18H,1-2H3. The summed E-state index contributed by atoms with van der Waals surface area (Å²) in [6, 6.07) is 6.57. The van der Waals surface area contributed by atoms with Crippen molar-refractivity contribution in [2.45, 2.75) is 18.7 Å². The quantitative estimate of drug-likeness (QED) is 0.805. The second kappa shape index (κ2) is 5.65. The molecule has 0 spiro atoms. The SMILES string of the molecule is Cc1cc(NS(=O)(=O)c2ccc(Br)c(F)c2)c(C)cc1O. The van der Waals surface area contributed by atoms with Gasteiger partial charge in [0, 0.05) is 0 Å². The molecule has 0 aromatic heterocycles. The number of sulfonamides is 1. The summed E-state index contributed by atoms with van der Waals surface area (Å²) >= 11 is 2.97. The number of rotatable bonds is 3. The highest BCUT2D eigenvalue weighted by Crippen LogP contribution is 2.27. The Morgan fingerprint density at radius 2 is 1.81 bits per heavy atom. The molecule has 7 heteroatoms. The van der Waals surface area contributed by atoms with Crippen molar-refractivity contribution in [3.63, 3.8) is 0 Å². The Morgan fingerprint density at radius 1 is 1.14 bits per heavy atom. The Labute approximate surface area is 130 Å². The van der Waals surface area contributed by atoms with Crippen molar-refractivity contribution in [1.29, 1.82) is 0 Å². The molecular formula is C14H13BrFNO3S. The molecule has 0 amide bonds.